The van der Waals surface area contributed by atoms with Crippen LogP contribution < -0.4 is 16.4 Å². The van der Waals surface area contributed by atoms with E-state index in [1.54, 1.807) is 78.9 Å². The number of para-hydroxylation sites is 2. The van der Waals surface area contributed by atoms with Crippen LogP contribution >= 0.6 is 0 Å². The molecule has 4 rings (SSSR count). The Labute approximate surface area is 211 Å². The lowest BCUT2D eigenvalue weighted by Crippen LogP contribution is -2.13. The summed E-state index contributed by atoms with van der Waals surface area (Å²) in [5.41, 5.74) is 8.64. The third-order valence-corrected chi connectivity index (χ3v) is 5.51. The van der Waals surface area contributed by atoms with Gasteiger partial charge in [0.15, 0.2) is 0 Å². The molecule has 0 aliphatic heterocycles. The molecule has 0 heterocycles. The van der Waals surface area contributed by atoms with Crippen molar-refractivity contribution < 1.29 is 22.8 Å². The van der Waals surface area contributed by atoms with Crippen LogP contribution in [0.1, 0.15) is 21.5 Å². The summed E-state index contributed by atoms with van der Waals surface area (Å²) in [5, 5.41) is 5.50. The van der Waals surface area contributed by atoms with Crippen molar-refractivity contribution in [2.75, 3.05) is 16.4 Å². The van der Waals surface area contributed by atoms with E-state index in [0.717, 1.165) is 17.7 Å². The minimum Gasteiger partial charge on any atom is -0.397 e. The Morgan fingerprint density at radius 1 is 0.757 bits per heavy atom. The molecule has 8 heteroatoms. The van der Waals surface area contributed by atoms with Gasteiger partial charge in [-0.2, -0.15) is 13.2 Å². The van der Waals surface area contributed by atoms with Crippen molar-refractivity contribution in [3.63, 3.8) is 0 Å². The van der Waals surface area contributed by atoms with Gasteiger partial charge in [0.2, 0.25) is 5.91 Å². The van der Waals surface area contributed by atoms with E-state index in [2.05, 4.69) is 10.6 Å². The maximum Gasteiger partial charge on any atom is 0.416 e. The van der Waals surface area contributed by atoms with Crippen molar-refractivity contribution in [2.45, 2.75) is 6.18 Å². The molecule has 0 aliphatic rings. The van der Waals surface area contributed by atoms with Crippen LogP contribution in [0.3, 0.4) is 0 Å². The predicted molar refractivity (Wildman–Crippen MR) is 140 cm³/mol. The van der Waals surface area contributed by atoms with Gasteiger partial charge in [-0.3, -0.25) is 9.59 Å². The summed E-state index contributed by atoms with van der Waals surface area (Å²) in [6, 6.07) is 25.1. The molecule has 0 saturated heterocycles. The fourth-order valence-corrected chi connectivity index (χ4v) is 3.60. The summed E-state index contributed by atoms with van der Waals surface area (Å²) in [6.45, 7) is 0. The van der Waals surface area contributed by atoms with Crippen LogP contribution in [0.2, 0.25) is 0 Å². The van der Waals surface area contributed by atoms with Crippen molar-refractivity contribution in [2.24, 2.45) is 0 Å². The Balaban J connectivity index is 1.43. The van der Waals surface area contributed by atoms with Gasteiger partial charge in [0.05, 0.1) is 16.9 Å². The van der Waals surface area contributed by atoms with Gasteiger partial charge in [-0.05, 0) is 65.2 Å². The first-order chi connectivity index (χ1) is 17.7. The lowest BCUT2D eigenvalue weighted by atomic mass is 9.98. The normalized spacial score (nSPS) is 11.3. The average molecular weight is 502 g/mol. The molecular formula is C29H22F3N3O2. The number of carbonyl (C=O) groups is 2. The summed E-state index contributed by atoms with van der Waals surface area (Å²) in [4.78, 5) is 25.1. The van der Waals surface area contributed by atoms with Crippen molar-refractivity contribution in [1.82, 2.24) is 0 Å². The molecule has 0 fully saturated rings. The number of amides is 2. The van der Waals surface area contributed by atoms with Crippen molar-refractivity contribution in [1.29, 1.82) is 0 Å². The third kappa shape index (κ3) is 6.43. The van der Waals surface area contributed by atoms with Crippen LogP contribution in [0.15, 0.2) is 103 Å². The topological polar surface area (TPSA) is 84.2 Å². The zero-order valence-corrected chi connectivity index (χ0v) is 19.4. The number of anilines is 3. The number of halogens is 3. The molecule has 0 aliphatic carbocycles. The molecule has 0 spiro atoms. The number of benzene rings is 4. The second-order valence-electron chi connectivity index (χ2n) is 8.11. The van der Waals surface area contributed by atoms with Crippen LogP contribution in [0.25, 0.3) is 17.2 Å². The molecule has 4 aromatic carbocycles. The fraction of sp³-hybridized carbons (Fsp3) is 0.0345. The highest BCUT2D eigenvalue weighted by Crippen LogP contribution is 2.32. The smallest absolute Gasteiger partial charge is 0.397 e. The Morgan fingerprint density at radius 3 is 2.08 bits per heavy atom. The van der Waals surface area contributed by atoms with Crippen LogP contribution in [0.4, 0.5) is 30.2 Å². The maximum absolute atomic E-state index is 13.0. The van der Waals surface area contributed by atoms with E-state index in [-0.39, 0.29) is 5.91 Å². The molecule has 2 amide bonds. The number of carbonyl (C=O) groups excluding carboxylic acids is 2. The van der Waals surface area contributed by atoms with Crippen LogP contribution in [-0.2, 0) is 11.0 Å². The summed E-state index contributed by atoms with van der Waals surface area (Å²) in [6.07, 6.45) is -1.43. The van der Waals surface area contributed by atoms with Gasteiger partial charge in [0.25, 0.3) is 5.91 Å². The highest BCUT2D eigenvalue weighted by molar-refractivity contribution is 6.09. The summed E-state index contributed by atoms with van der Waals surface area (Å²) in [7, 11) is 0. The SMILES string of the molecule is Nc1ccccc1NC(=O)C=Cc1ccc(NC(=O)c2ccccc2-c2ccc(C(F)(F)F)cc2)cc1. The average Bonchev–Trinajstić information content (AvgIpc) is 2.89. The van der Waals surface area contributed by atoms with Crippen LogP contribution in [0, 0.1) is 0 Å². The Hall–Kier alpha value is -4.85. The van der Waals surface area contributed by atoms with E-state index < -0.39 is 17.6 Å². The zero-order chi connectivity index (χ0) is 26.4. The first-order valence-electron chi connectivity index (χ1n) is 11.2. The monoisotopic (exact) mass is 501 g/mol. The molecule has 0 unspecified atom stereocenters. The number of alkyl halides is 3. The molecule has 0 radical (unpaired) electrons. The number of hydrogen-bond donors (Lipinski definition) is 3. The molecule has 0 atom stereocenters. The van der Waals surface area contributed by atoms with Gasteiger partial charge in [-0.15, -0.1) is 0 Å². The van der Waals surface area contributed by atoms with Crippen molar-refractivity contribution in [3.8, 4) is 11.1 Å². The number of nitrogens with one attached hydrogen (secondary N) is 2. The quantitative estimate of drug-likeness (QED) is 0.199. The lowest BCUT2D eigenvalue weighted by molar-refractivity contribution is -0.137. The van der Waals surface area contributed by atoms with Gasteiger partial charge in [0.1, 0.15) is 0 Å². The van der Waals surface area contributed by atoms with E-state index >= 15 is 0 Å². The largest absolute Gasteiger partial charge is 0.416 e. The highest BCUT2D eigenvalue weighted by atomic mass is 19.4. The van der Waals surface area contributed by atoms with Crippen LogP contribution in [-0.4, -0.2) is 11.8 Å². The van der Waals surface area contributed by atoms with Crippen LogP contribution in [0.5, 0.6) is 0 Å². The molecule has 186 valence electrons. The summed E-state index contributed by atoms with van der Waals surface area (Å²) in [5.74, 6) is -0.742. The summed E-state index contributed by atoms with van der Waals surface area (Å²) < 4.78 is 38.7. The minimum absolute atomic E-state index is 0.322. The second-order valence-corrected chi connectivity index (χ2v) is 8.11. The third-order valence-electron chi connectivity index (χ3n) is 5.51. The standard InChI is InChI=1S/C29H22F3N3O2/c30-29(31,32)21-14-12-20(13-15-21)23-5-1-2-6-24(23)28(37)34-22-16-9-19(10-17-22)11-18-27(36)35-26-8-4-3-7-25(26)33/h1-18H,33H2,(H,34,37)(H,35,36). The predicted octanol–water partition coefficient (Wildman–Crippen LogP) is 6.86. The van der Waals surface area contributed by atoms with E-state index in [0.29, 0.717) is 33.8 Å². The van der Waals surface area contributed by atoms with Gasteiger partial charge in [-0.25, -0.2) is 0 Å². The first kappa shape index (κ1) is 25.2. The zero-order valence-electron chi connectivity index (χ0n) is 19.4. The molecule has 0 bridgehead atoms. The van der Waals surface area contributed by atoms with Gasteiger partial charge in [0, 0.05) is 17.3 Å². The Kier molecular flexibility index (Phi) is 7.39. The van der Waals surface area contributed by atoms with E-state index in [1.807, 2.05) is 0 Å². The molecule has 5 nitrogen and oxygen atoms in total. The minimum atomic E-state index is -4.43. The number of nitrogens with two attached hydrogens (primary N) is 1. The number of rotatable bonds is 6. The molecule has 0 aromatic heterocycles. The van der Waals surface area contributed by atoms with Crippen molar-refractivity contribution >= 4 is 35.0 Å². The first-order valence-corrected chi connectivity index (χ1v) is 11.2. The van der Waals surface area contributed by atoms with Crippen molar-refractivity contribution in [3.05, 3.63) is 120 Å². The van der Waals surface area contributed by atoms with Gasteiger partial charge in [-0.1, -0.05) is 54.6 Å². The molecule has 37 heavy (non-hydrogen) atoms. The van der Waals surface area contributed by atoms with Gasteiger partial charge < -0.3 is 16.4 Å². The number of hydrogen-bond acceptors (Lipinski definition) is 3. The highest BCUT2D eigenvalue weighted by Gasteiger charge is 2.30. The molecule has 4 N–H and O–H groups in total. The van der Waals surface area contributed by atoms with E-state index in [9.17, 15) is 22.8 Å². The summed E-state index contributed by atoms with van der Waals surface area (Å²) >= 11 is 0. The number of nitrogen functional groups attached to an aromatic ring is 1. The second kappa shape index (κ2) is 10.8. The Bertz CT molecular complexity index is 1440. The lowest BCUT2D eigenvalue weighted by Gasteiger charge is -2.12. The Morgan fingerprint density at radius 2 is 1.41 bits per heavy atom. The maximum atomic E-state index is 13.0. The molecule has 0 saturated carbocycles. The van der Waals surface area contributed by atoms with Gasteiger partial charge >= 0.3 is 6.18 Å². The van der Waals surface area contributed by atoms with E-state index in [1.165, 1.54) is 18.2 Å². The fourth-order valence-electron chi connectivity index (χ4n) is 3.60. The molecule has 4 aromatic rings. The van der Waals surface area contributed by atoms with E-state index in [4.69, 9.17) is 5.73 Å². The molecular weight excluding hydrogens is 479 g/mol.